The number of ether oxygens (including phenoxy) is 1. The third kappa shape index (κ3) is 5.47. The van der Waals surface area contributed by atoms with Crippen LogP contribution in [-0.2, 0) is 6.54 Å². The Morgan fingerprint density at radius 1 is 0.912 bits per heavy atom. The number of hydrogen-bond donors (Lipinski definition) is 1. The lowest BCUT2D eigenvalue weighted by molar-refractivity contribution is 0.0446. The number of aryl methyl sites for hydroxylation is 1. The van der Waals surface area contributed by atoms with Crippen molar-refractivity contribution < 1.29 is 9.84 Å². The number of aliphatic hydroxyl groups is 1. The molecule has 1 aliphatic rings. The number of rotatable bonds is 8. The highest BCUT2D eigenvalue weighted by Gasteiger charge is 2.19. The van der Waals surface area contributed by atoms with Gasteiger partial charge in [0.1, 0.15) is 24.1 Å². The molecule has 176 valence electrons. The fourth-order valence-corrected chi connectivity index (χ4v) is 4.53. The van der Waals surface area contributed by atoms with Crippen LogP contribution in [0.15, 0.2) is 79.1 Å². The molecule has 1 unspecified atom stereocenters. The lowest BCUT2D eigenvalue weighted by atomic mass is 10.1. The quantitative estimate of drug-likeness (QED) is 0.436. The molecule has 0 radical (unpaired) electrons. The predicted molar refractivity (Wildman–Crippen MR) is 135 cm³/mol. The lowest BCUT2D eigenvalue weighted by Gasteiger charge is -2.35. The molecule has 4 aromatic rings. The third-order valence-corrected chi connectivity index (χ3v) is 6.45. The molecule has 0 aliphatic carbocycles. The summed E-state index contributed by atoms with van der Waals surface area (Å²) in [5, 5.41) is 10.5. The van der Waals surface area contributed by atoms with Gasteiger partial charge in [-0.25, -0.2) is 4.98 Å². The average molecular weight is 457 g/mol. The monoisotopic (exact) mass is 456 g/mol. The summed E-state index contributed by atoms with van der Waals surface area (Å²) in [6, 6.07) is 22.6. The van der Waals surface area contributed by atoms with Crippen molar-refractivity contribution in [3.63, 3.8) is 0 Å². The van der Waals surface area contributed by atoms with Crippen molar-refractivity contribution in [3.05, 3.63) is 90.3 Å². The van der Waals surface area contributed by atoms with E-state index in [1.54, 1.807) is 0 Å². The third-order valence-electron chi connectivity index (χ3n) is 6.45. The largest absolute Gasteiger partial charge is 0.491 e. The van der Waals surface area contributed by atoms with Crippen molar-refractivity contribution in [1.29, 1.82) is 0 Å². The number of imidazole rings is 1. The lowest BCUT2D eigenvalue weighted by Crippen LogP contribution is -2.48. The van der Waals surface area contributed by atoms with Gasteiger partial charge in [0.15, 0.2) is 0 Å². The fraction of sp³-hybridized carbons (Fsp3) is 0.321. The van der Waals surface area contributed by atoms with E-state index in [1.807, 2.05) is 47.1 Å². The Kier molecular flexibility index (Phi) is 6.90. The number of hydrogen-bond acceptors (Lipinski definition) is 5. The summed E-state index contributed by atoms with van der Waals surface area (Å²) in [5.41, 5.74) is 5.46. The number of pyridine rings is 1. The SMILES string of the molecule is Cc1cccn2cc(-c3ccc(OCC(O)CN4CCN(Cc5ccccc5)CC4)cc3)nc12. The van der Waals surface area contributed by atoms with Crippen molar-refractivity contribution in [2.24, 2.45) is 0 Å². The van der Waals surface area contributed by atoms with Gasteiger partial charge in [0.05, 0.1) is 5.69 Å². The molecule has 1 N–H and O–H groups in total. The number of aromatic nitrogens is 2. The highest BCUT2D eigenvalue weighted by molar-refractivity contribution is 5.64. The van der Waals surface area contributed by atoms with E-state index in [1.165, 1.54) is 5.56 Å². The van der Waals surface area contributed by atoms with E-state index in [4.69, 9.17) is 9.72 Å². The van der Waals surface area contributed by atoms with Crippen LogP contribution in [0.3, 0.4) is 0 Å². The van der Waals surface area contributed by atoms with E-state index >= 15 is 0 Å². The zero-order valence-corrected chi connectivity index (χ0v) is 19.7. The van der Waals surface area contributed by atoms with Gasteiger partial charge in [-0.05, 0) is 48.4 Å². The molecule has 6 heteroatoms. The van der Waals surface area contributed by atoms with Gasteiger partial charge in [-0.1, -0.05) is 36.4 Å². The van der Waals surface area contributed by atoms with Crippen molar-refractivity contribution in [3.8, 4) is 17.0 Å². The van der Waals surface area contributed by atoms with Crippen LogP contribution in [0.5, 0.6) is 5.75 Å². The first-order valence-electron chi connectivity index (χ1n) is 12.0. The first-order chi connectivity index (χ1) is 16.6. The van der Waals surface area contributed by atoms with Crippen molar-refractivity contribution in [2.45, 2.75) is 19.6 Å². The van der Waals surface area contributed by atoms with E-state index < -0.39 is 6.10 Å². The molecule has 2 aromatic heterocycles. The standard InChI is InChI=1S/C28H32N4O2/c1-22-6-5-13-32-20-27(29-28(22)32)24-9-11-26(12-10-24)34-21-25(33)19-31-16-14-30(15-17-31)18-23-7-3-2-4-8-23/h2-13,20,25,33H,14-19,21H2,1H3. The van der Waals surface area contributed by atoms with Gasteiger partial charge in [-0.15, -0.1) is 0 Å². The zero-order chi connectivity index (χ0) is 23.3. The number of β-amino-alcohol motifs (C(OH)–C–C–N with tert-alkyl or cyclic N) is 1. The Labute approximate surface area is 201 Å². The topological polar surface area (TPSA) is 53.2 Å². The van der Waals surface area contributed by atoms with Crippen LogP contribution < -0.4 is 4.74 Å². The van der Waals surface area contributed by atoms with Gasteiger partial charge < -0.3 is 14.2 Å². The summed E-state index contributed by atoms with van der Waals surface area (Å²) in [4.78, 5) is 9.55. The Hall–Kier alpha value is -3.19. The van der Waals surface area contributed by atoms with E-state index in [2.05, 4.69) is 53.1 Å². The van der Waals surface area contributed by atoms with E-state index in [-0.39, 0.29) is 6.61 Å². The second-order valence-corrected chi connectivity index (χ2v) is 9.10. The van der Waals surface area contributed by atoms with Gasteiger partial charge >= 0.3 is 0 Å². The van der Waals surface area contributed by atoms with Gasteiger partial charge in [0.2, 0.25) is 0 Å². The number of piperazine rings is 1. The second-order valence-electron chi connectivity index (χ2n) is 9.10. The van der Waals surface area contributed by atoms with Crippen LogP contribution in [0, 0.1) is 6.92 Å². The van der Waals surface area contributed by atoms with Crippen LogP contribution in [0.2, 0.25) is 0 Å². The smallest absolute Gasteiger partial charge is 0.140 e. The Balaban J connectivity index is 1.08. The summed E-state index contributed by atoms with van der Waals surface area (Å²) < 4.78 is 7.91. The van der Waals surface area contributed by atoms with Gasteiger partial charge in [0, 0.05) is 57.2 Å². The molecule has 3 heterocycles. The molecule has 0 amide bonds. The van der Waals surface area contributed by atoms with Crippen LogP contribution in [0.25, 0.3) is 16.9 Å². The molecule has 0 bridgehead atoms. The first-order valence-corrected chi connectivity index (χ1v) is 12.0. The molecule has 0 saturated carbocycles. The van der Waals surface area contributed by atoms with Crippen LogP contribution in [0.1, 0.15) is 11.1 Å². The number of benzene rings is 2. The molecule has 1 saturated heterocycles. The van der Waals surface area contributed by atoms with Crippen molar-refractivity contribution in [2.75, 3.05) is 39.3 Å². The Bertz CT molecular complexity index is 1200. The molecule has 34 heavy (non-hydrogen) atoms. The Morgan fingerprint density at radius 3 is 2.38 bits per heavy atom. The van der Waals surface area contributed by atoms with E-state index in [0.717, 1.165) is 60.9 Å². The molecular formula is C28H32N4O2. The maximum Gasteiger partial charge on any atom is 0.140 e. The fourth-order valence-electron chi connectivity index (χ4n) is 4.53. The summed E-state index contributed by atoms with van der Waals surface area (Å²) in [7, 11) is 0. The molecule has 1 aliphatic heterocycles. The van der Waals surface area contributed by atoms with Crippen LogP contribution in [0.4, 0.5) is 0 Å². The zero-order valence-electron chi connectivity index (χ0n) is 19.7. The van der Waals surface area contributed by atoms with E-state index in [0.29, 0.717) is 6.54 Å². The molecule has 2 aromatic carbocycles. The number of nitrogens with zero attached hydrogens (tertiary/aromatic N) is 4. The molecule has 0 spiro atoms. The molecule has 6 nitrogen and oxygen atoms in total. The van der Waals surface area contributed by atoms with Gasteiger partial charge in [-0.3, -0.25) is 9.80 Å². The summed E-state index contributed by atoms with van der Waals surface area (Å²) in [5.74, 6) is 0.760. The van der Waals surface area contributed by atoms with Crippen molar-refractivity contribution in [1.82, 2.24) is 19.2 Å². The number of fused-ring (bicyclic) bond motifs is 1. The van der Waals surface area contributed by atoms with Gasteiger partial charge in [-0.2, -0.15) is 0 Å². The molecule has 1 fully saturated rings. The van der Waals surface area contributed by atoms with E-state index in [9.17, 15) is 5.11 Å². The van der Waals surface area contributed by atoms with Crippen molar-refractivity contribution >= 4 is 5.65 Å². The maximum absolute atomic E-state index is 10.5. The van der Waals surface area contributed by atoms with Crippen LogP contribution >= 0.6 is 0 Å². The normalized spacial score (nSPS) is 16.1. The number of aliphatic hydroxyl groups excluding tert-OH is 1. The minimum Gasteiger partial charge on any atom is -0.491 e. The predicted octanol–water partition coefficient (Wildman–Crippen LogP) is 3.87. The minimum absolute atomic E-state index is 0.289. The minimum atomic E-state index is -0.512. The van der Waals surface area contributed by atoms with Crippen LogP contribution in [-0.4, -0.2) is 69.7 Å². The second kappa shape index (κ2) is 10.4. The molecule has 5 rings (SSSR count). The van der Waals surface area contributed by atoms with Gasteiger partial charge in [0.25, 0.3) is 0 Å². The Morgan fingerprint density at radius 2 is 1.65 bits per heavy atom. The first kappa shape index (κ1) is 22.6. The molecule has 1 atom stereocenters. The molecular weight excluding hydrogens is 424 g/mol. The highest BCUT2D eigenvalue weighted by atomic mass is 16.5. The summed E-state index contributed by atoms with van der Waals surface area (Å²) in [6.07, 6.45) is 3.55. The summed E-state index contributed by atoms with van der Waals surface area (Å²) >= 11 is 0. The summed E-state index contributed by atoms with van der Waals surface area (Å²) in [6.45, 7) is 7.96. The highest BCUT2D eigenvalue weighted by Crippen LogP contribution is 2.23. The average Bonchev–Trinajstić information content (AvgIpc) is 3.31. The maximum atomic E-state index is 10.5.